The van der Waals surface area contributed by atoms with Crippen LogP contribution >= 0.6 is 0 Å². The summed E-state index contributed by atoms with van der Waals surface area (Å²) in [6.07, 6.45) is 6.74. The molecule has 2 aromatic rings. The molecule has 25 heavy (non-hydrogen) atoms. The van der Waals surface area contributed by atoms with E-state index in [0.29, 0.717) is 12.5 Å². The molecular formula is C20H26N2O3. The molecule has 0 radical (unpaired) electrons. The highest BCUT2D eigenvalue weighted by molar-refractivity contribution is 5.80. The number of hydrogen-bond donors (Lipinski definition) is 2. The van der Waals surface area contributed by atoms with Crippen molar-refractivity contribution in [2.24, 2.45) is 11.8 Å². The second kappa shape index (κ2) is 8.19. The lowest BCUT2D eigenvalue weighted by atomic mass is 9.78. The summed E-state index contributed by atoms with van der Waals surface area (Å²) in [6.45, 7) is 0.517. The zero-order valence-corrected chi connectivity index (χ0v) is 14.7. The van der Waals surface area contributed by atoms with Crippen molar-refractivity contribution < 1.29 is 9.53 Å². The molecule has 1 saturated carbocycles. The van der Waals surface area contributed by atoms with Gasteiger partial charge < -0.3 is 15.0 Å². The van der Waals surface area contributed by atoms with Gasteiger partial charge in [0.15, 0.2) is 0 Å². The first kappa shape index (κ1) is 17.5. The van der Waals surface area contributed by atoms with Gasteiger partial charge in [-0.3, -0.25) is 9.59 Å². The van der Waals surface area contributed by atoms with Crippen LogP contribution in [0.15, 0.2) is 35.1 Å². The van der Waals surface area contributed by atoms with E-state index in [0.717, 1.165) is 35.9 Å². The third kappa shape index (κ3) is 4.41. The highest BCUT2D eigenvalue weighted by Gasteiger charge is 2.28. The van der Waals surface area contributed by atoms with Crippen molar-refractivity contribution in [1.82, 2.24) is 10.3 Å². The Morgan fingerprint density at radius 3 is 2.80 bits per heavy atom. The topological polar surface area (TPSA) is 71.2 Å². The molecule has 1 atom stereocenters. The highest BCUT2D eigenvalue weighted by atomic mass is 16.5. The Kier molecular flexibility index (Phi) is 5.74. The number of carbonyl (C=O) groups excluding carboxylic acids is 1. The minimum Gasteiger partial charge on any atom is -0.494 e. The molecular weight excluding hydrogens is 316 g/mol. The molecule has 1 aromatic carbocycles. The van der Waals surface area contributed by atoms with Gasteiger partial charge in [0.25, 0.3) is 0 Å². The lowest BCUT2D eigenvalue weighted by Gasteiger charge is -2.29. The van der Waals surface area contributed by atoms with Crippen molar-refractivity contribution in [1.29, 1.82) is 0 Å². The fourth-order valence-corrected chi connectivity index (χ4v) is 3.83. The van der Waals surface area contributed by atoms with Crippen LogP contribution in [0, 0.1) is 11.8 Å². The van der Waals surface area contributed by atoms with Crippen molar-refractivity contribution in [2.45, 2.75) is 38.5 Å². The van der Waals surface area contributed by atoms with Crippen molar-refractivity contribution in [3.8, 4) is 5.75 Å². The second-order valence-corrected chi connectivity index (χ2v) is 6.83. The minimum absolute atomic E-state index is 0.0297. The first-order chi connectivity index (χ1) is 12.2. The molecule has 1 unspecified atom stereocenters. The number of aromatic amines is 1. The molecule has 1 aromatic heterocycles. The van der Waals surface area contributed by atoms with Crippen LogP contribution in [0.25, 0.3) is 10.9 Å². The summed E-state index contributed by atoms with van der Waals surface area (Å²) in [7, 11) is 1.71. The number of hydrogen-bond acceptors (Lipinski definition) is 3. The van der Waals surface area contributed by atoms with Gasteiger partial charge in [-0.05, 0) is 49.4 Å². The Bertz CT molecular complexity index is 778. The molecule has 1 aliphatic rings. The number of amides is 1. The quantitative estimate of drug-likeness (QED) is 0.846. The van der Waals surface area contributed by atoms with Gasteiger partial charge in [-0.15, -0.1) is 0 Å². The number of pyridine rings is 1. The van der Waals surface area contributed by atoms with Crippen LogP contribution in [0.3, 0.4) is 0 Å². The Labute approximate surface area is 147 Å². The van der Waals surface area contributed by atoms with E-state index in [-0.39, 0.29) is 17.4 Å². The van der Waals surface area contributed by atoms with Gasteiger partial charge in [0.2, 0.25) is 11.5 Å². The van der Waals surface area contributed by atoms with E-state index in [2.05, 4.69) is 10.3 Å². The van der Waals surface area contributed by atoms with Crippen LogP contribution in [0.4, 0.5) is 0 Å². The third-order valence-electron chi connectivity index (χ3n) is 5.19. The average molecular weight is 342 g/mol. The van der Waals surface area contributed by atoms with Crippen LogP contribution < -0.4 is 15.6 Å². The Morgan fingerprint density at radius 1 is 1.24 bits per heavy atom. The lowest BCUT2D eigenvalue weighted by molar-refractivity contribution is -0.127. The van der Waals surface area contributed by atoms with Crippen LogP contribution in [0.1, 0.15) is 38.5 Å². The Balaban J connectivity index is 1.62. The second-order valence-electron chi connectivity index (χ2n) is 6.83. The molecule has 1 fully saturated rings. The number of carbonyl (C=O) groups is 1. The normalized spacial score (nSPS) is 16.5. The largest absolute Gasteiger partial charge is 0.494 e. The number of aromatic nitrogens is 1. The molecule has 3 rings (SSSR count). The lowest BCUT2D eigenvalue weighted by Crippen LogP contribution is -2.34. The van der Waals surface area contributed by atoms with Gasteiger partial charge in [-0.2, -0.15) is 0 Å². The number of fused-ring (bicyclic) bond motifs is 1. The summed E-state index contributed by atoms with van der Waals surface area (Å²) in [5, 5.41) is 3.75. The molecule has 1 aliphatic carbocycles. The minimum atomic E-state index is -0.109. The molecule has 2 N–H and O–H groups in total. The summed E-state index contributed by atoms with van der Waals surface area (Å²) in [6, 6.07) is 8.92. The SMILES string of the molecule is CNC(=O)C(CCOc1ccc2[nH]c(=O)ccc2c1)C1CCCCC1. The van der Waals surface area contributed by atoms with Crippen molar-refractivity contribution in [3.63, 3.8) is 0 Å². The van der Waals surface area contributed by atoms with E-state index in [1.807, 2.05) is 18.2 Å². The predicted molar refractivity (Wildman–Crippen MR) is 98.8 cm³/mol. The van der Waals surface area contributed by atoms with Gasteiger partial charge in [-0.25, -0.2) is 0 Å². The molecule has 0 spiro atoms. The van der Waals surface area contributed by atoms with Crippen LogP contribution in [0.2, 0.25) is 0 Å². The van der Waals surface area contributed by atoms with E-state index in [4.69, 9.17) is 4.74 Å². The summed E-state index contributed by atoms with van der Waals surface area (Å²) < 4.78 is 5.89. The van der Waals surface area contributed by atoms with Crippen LogP contribution in [0.5, 0.6) is 5.75 Å². The summed E-state index contributed by atoms with van der Waals surface area (Å²) in [5.41, 5.74) is 0.687. The maximum Gasteiger partial charge on any atom is 0.248 e. The number of ether oxygens (including phenoxy) is 1. The molecule has 1 amide bonds. The number of rotatable bonds is 6. The van der Waals surface area contributed by atoms with Gasteiger partial charge in [0.05, 0.1) is 6.61 Å². The molecule has 0 aliphatic heterocycles. The highest BCUT2D eigenvalue weighted by Crippen LogP contribution is 2.32. The third-order valence-corrected chi connectivity index (χ3v) is 5.19. The Morgan fingerprint density at radius 2 is 2.04 bits per heavy atom. The van der Waals surface area contributed by atoms with E-state index >= 15 is 0 Å². The average Bonchev–Trinajstić information content (AvgIpc) is 2.65. The first-order valence-corrected chi connectivity index (χ1v) is 9.15. The molecule has 1 heterocycles. The number of H-pyrrole nitrogens is 1. The van der Waals surface area contributed by atoms with Crippen molar-refractivity contribution in [3.05, 3.63) is 40.7 Å². The van der Waals surface area contributed by atoms with E-state index < -0.39 is 0 Å². The van der Waals surface area contributed by atoms with E-state index in [1.165, 1.54) is 25.3 Å². The molecule has 134 valence electrons. The van der Waals surface area contributed by atoms with Gasteiger partial charge in [0, 0.05) is 29.9 Å². The maximum absolute atomic E-state index is 12.3. The first-order valence-electron chi connectivity index (χ1n) is 9.15. The monoisotopic (exact) mass is 342 g/mol. The molecule has 0 saturated heterocycles. The van der Waals surface area contributed by atoms with Crippen LogP contribution in [-0.4, -0.2) is 24.5 Å². The molecule has 5 heteroatoms. The fourth-order valence-electron chi connectivity index (χ4n) is 3.83. The summed E-state index contributed by atoms with van der Waals surface area (Å²) in [5.74, 6) is 1.39. The van der Waals surface area contributed by atoms with E-state index in [9.17, 15) is 9.59 Å². The zero-order chi connectivity index (χ0) is 17.6. The molecule has 5 nitrogen and oxygen atoms in total. The van der Waals surface area contributed by atoms with Crippen molar-refractivity contribution >= 4 is 16.8 Å². The van der Waals surface area contributed by atoms with Crippen LogP contribution in [-0.2, 0) is 4.79 Å². The fraction of sp³-hybridized carbons (Fsp3) is 0.500. The van der Waals surface area contributed by atoms with Gasteiger partial charge >= 0.3 is 0 Å². The summed E-state index contributed by atoms with van der Waals surface area (Å²) in [4.78, 5) is 26.4. The van der Waals surface area contributed by atoms with Gasteiger partial charge in [-0.1, -0.05) is 19.3 Å². The van der Waals surface area contributed by atoms with Crippen molar-refractivity contribution in [2.75, 3.05) is 13.7 Å². The predicted octanol–water partition coefficient (Wildman–Crippen LogP) is 3.24. The van der Waals surface area contributed by atoms with Gasteiger partial charge in [0.1, 0.15) is 5.75 Å². The Hall–Kier alpha value is -2.30. The molecule has 0 bridgehead atoms. The zero-order valence-electron chi connectivity index (χ0n) is 14.7. The van der Waals surface area contributed by atoms with E-state index in [1.54, 1.807) is 13.1 Å². The standard InChI is InChI=1S/C20H26N2O3/c1-21-20(24)17(14-5-3-2-4-6-14)11-12-25-16-8-9-18-15(13-16)7-10-19(23)22-18/h7-10,13-14,17H,2-6,11-12H2,1H3,(H,21,24)(H,22,23). The maximum atomic E-state index is 12.3. The number of nitrogens with one attached hydrogen (secondary N) is 2. The smallest absolute Gasteiger partial charge is 0.248 e. The number of benzene rings is 1. The summed E-state index contributed by atoms with van der Waals surface area (Å²) >= 11 is 0.